The maximum absolute atomic E-state index is 13.3. The molecule has 1 unspecified atom stereocenters. The molecule has 0 saturated carbocycles. The second-order valence-electron chi connectivity index (χ2n) is 4.20. The van der Waals surface area contributed by atoms with Crippen molar-refractivity contribution < 1.29 is 4.39 Å². The number of rotatable bonds is 5. The van der Waals surface area contributed by atoms with Gasteiger partial charge in [-0.15, -0.1) is 0 Å². The van der Waals surface area contributed by atoms with E-state index in [2.05, 4.69) is 13.8 Å². The second-order valence-corrected chi connectivity index (χ2v) is 4.61. The van der Waals surface area contributed by atoms with Crippen LogP contribution < -0.4 is 5.73 Å². The minimum absolute atomic E-state index is 0.100. The van der Waals surface area contributed by atoms with E-state index in [0.717, 1.165) is 24.8 Å². The molecule has 2 N–H and O–H groups in total. The summed E-state index contributed by atoms with van der Waals surface area (Å²) in [5.41, 5.74) is 6.88. The van der Waals surface area contributed by atoms with Crippen molar-refractivity contribution in [3.63, 3.8) is 0 Å². The van der Waals surface area contributed by atoms with Crippen molar-refractivity contribution in [3.05, 3.63) is 34.6 Å². The maximum atomic E-state index is 13.3. The molecule has 1 nitrogen and oxygen atoms in total. The molecular weight excluding hydrogens is 225 g/mol. The predicted molar refractivity (Wildman–Crippen MR) is 67.0 cm³/mol. The fourth-order valence-electron chi connectivity index (χ4n) is 1.86. The Morgan fingerprint density at radius 1 is 1.31 bits per heavy atom. The topological polar surface area (TPSA) is 26.0 Å². The first-order valence-electron chi connectivity index (χ1n) is 5.79. The molecule has 0 amide bonds. The molecule has 16 heavy (non-hydrogen) atoms. The highest BCUT2D eigenvalue weighted by atomic mass is 35.5. The summed E-state index contributed by atoms with van der Waals surface area (Å²) in [5, 5.41) is 0.151. The summed E-state index contributed by atoms with van der Waals surface area (Å²) in [5.74, 6) is 0.216. The van der Waals surface area contributed by atoms with E-state index in [9.17, 15) is 4.39 Å². The molecular formula is C13H19ClFN. The molecule has 0 bridgehead atoms. The van der Waals surface area contributed by atoms with E-state index in [0.29, 0.717) is 5.92 Å². The van der Waals surface area contributed by atoms with E-state index in [1.165, 1.54) is 6.07 Å². The average Bonchev–Trinajstić information content (AvgIpc) is 2.29. The standard InChI is InChI=1S/C13H19ClFN/c1-3-9(4-2)7-13(16)10-5-6-11(14)12(15)8-10/h5-6,8-9,13H,3-4,7,16H2,1-2H3. The Hall–Kier alpha value is -0.600. The minimum atomic E-state index is -0.390. The highest BCUT2D eigenvalue weighted by Gasteiger charge is 2.13. The van der Waals surface area contributed by atoms with Gasteiger partial charge in [0.15, 0.2) is 0 Å². The van der Waals surface area contributed by atoms with Crippen LogP contribution in [-0.4, -0.2) is 0 Å². The molecule has 1 rings (SSSR count). The van der Waals surface area contributed by atoms with Crippen molar-refractivity contribution >= 4 is 11.6 Å². The van der Waals surface area contributed by atoms with Crippen LogP contribution in [-0.2, 0) is 0 Å². The zero-order valence-electron chi connectivity index (χ0n) is 9.84. The van der Waals surface area contributed by atoms with E-state index in [4.69, 9.17) is 17.3 Å². The molecule has 0 aromatic heterocycles. The molecule has 0 fully saturated rings. The van der Waals surface area contributed by atoms with Crippen molar-refractivity contribution in [1.82, 2.24) is 0 Å². The molecule has 0 aliphatic carbocycles. The maximum Gasteiger partial charge on any atom is 0.142 e. The molecule has 0 aliphatic heterocycles. The second kappa shape index (κ2) is 6.21. The first-order chi connectivity index (χ1) is 7.58. The summed E-state index contributed by atoms with van der Waals surface area (Å²) in [6.45, 7) is 4.31. The first-order valence-corrected chi connectivity index (χ1v) is 6.16. The summed E-state index contributed by atoms with van der Waals surface area (Å²) in [4.78, 5) is 0. The van der Waals surface area contributed by atoms with Gasteiger partial charge in [-0.1, -0.05) is 44.4 Å². The highest BCUT2D eigenvalue weighted by molar-refractivity contribution is 6.30. The Morgan fingerprint density at radius 2 is 1.94 bits per heavy atom. The average molecular weight is 244 g/mol. The Bertz CT molecular complexity index is 337. The normalized spacial score (nSPS) is 13.1. The number of nitrogens with two attached hydrogens (primary N) is 1. The third kappa shape index (κ3) is 3.46. The van der Waals surface area contributed by atoms with Crippen molar-refractivity contribution in [3.8, 4) is 0 Å². The van der Waals surface area contributed by atoms with Crippen LogP contribution in [0.2, 0.25) is 5.02 Å². The molecule has 0 saturated heterocycles. The van der Waals surface area contributed by atoms with Gasteiger partial charge < -0.3 is 5.73 Å². The van der Waals surface area contributed by atoms with Crippen LogP contribution in [0.3, 0.4) is 0 Å². The van der Waals surface area contributed by atoms with Gasteiger partial charge in [-0.05, 0) is 30.0 Å². The molecule has 0 aliphatic rings. The van der Waals surface area contributed by atoms with Crippen LogP contribution in [0.25, 0.3) is 0 Å². The molecule has 0 radical (unpaired) electrons. The van der Waals surface area contributed by atoms with Crippen LogP contribution in [0.1, 0.15) is 44.7 Å². The number of benzene rings is 1. The molecule has 0 heterocycles. The quantitative estimate of drug-likeness (QED) is 0.820. The Labute approximate surface area is 102 Å². The minimum Gasteiger partial charge on any atom is -0.324 e. The van der Waals surface area contributed by atoms with Gasteiger partial charge >= 0.3 is 0 Å². The van der Waals surface area contributed by atoms with Crippen LogP contribution in [0, 0.1) is 11.7 Å². The fourth-order valence-corrected chi connectivity index (χ4v) is 1.98. The fraction of sp³-hybridized carbons (Fsp3) is 0.538. The van der Waals surface area contributed by atoms with Crippen LogP contribution in [0.5, 0.6) is 0 Å². The van der Waals surface area contributed by atoms with E-state index in [1.807, 2.05) is 0 Å². The lowest BCUT2D eigenvalue weighted by molar-refractivity contribution is 0.414. The number of halogens is 2. The first kappa shape index (κ1) is 13.5. The van der Waals surface area contributed by atoms with Gasteiger partial charge in [-0.3, -0.25) is 0 Å². The molecule has 1 aromatic carbocycles. The molecule has 90 valence electrons. The van der Waals surface area contributed by atoms with Crippen LogP contribution >= 0.6 is 11.6 Å². The molecule has 1 atom stereocenters. The zero-order chi connectivity index (χ0) is 12.1. The number of hydrogen-bond acceptors (Lipinski definition) is 1. The van der Waals surface area contributed by atoms with Gasteiger partial charge in [-0.25, -0.2) is 4.39 Å². The van der Waals surface area contributed by atoms with Crippen LogP contribution in [0.15, 0.2) is 18.2 Å². The monoisotopic (exact) mass is 243 g/mol. The van der Waals surface area contributed by atoms with Crippen molar-refractivity contribution in [2.24, 2.45) is 11.7 Å². The largest absolute Gasteiger partial charge is 0.324 e. The summed E-state index contributed by atoms with van der Waals surface area (Å²) in [7, 11) is 0. The lowest BCUT2D eigenvalue weighted by Crippen LogP contribution is -2.15. The van der Waals surface area contributed by atoms with Gasteiger partial charge in [-0.2, -0.15) is 0 Å². The number of hydrogen-bond donors (Lipinski definition) is 1. The van der Waals surface area contributed by atoms with Gasteiger partial charge in [0.25, 0.3) is 0 Å². The Kier molecular flexibility index (Phi) is 5.23. The lowest BCUT2D eigenvalue weighted by atomic mass is 9.92. The van der Waals surface area contributed by atoms with Crippen molar-refractivity contribution in [2.75, 3.05) is 0 Å². The Morgan fingerprint density at radius 3 is 2.44 bits per heavy atom. The van der Waals surface area contributed by atoms with Crippen molar-refractivity contribution in [1.29, 1.82) is 0 Å². The van der Waals surface area contributed by atoms with E-state index >= 15 is 0 Å². The van der Waals surface area contributed by atoms with E-state index in [1.54, 1.807) is 12.1 Å². The smallest absolute Gasteiger partial charge is 0.142 e. The summed E-state index contributed by atoms with van der Waals surface area (Å²) in [6.07, 6.45) is 3.12. The Balaban J connectivity index is 2.72. The van der Waals surface area contributed by atoms with Crippen LogP contribution in [0.4, 0.5) is 4.39 Å². The summed E-state index contributed by atoms with van der Waals surface area (Å²) < 4.78 is 13.3. The highest BCUT2D eigenvalue weighted by Crippen LogP contribution is 2.25. The van der Waals surface area contributed by atoms with Gasteiger partial charge in [0.2, 0.25) is 0 Å². The molecule has 1 aromatic rings. The molecule has 3 heteroatoms. The summed E-state index contributed by atoms with van der Waals surface area (Å²) in [6, 6.07) is 4.71. The SMILES string of the molecule is CCC(CC)CC(N)c1ccc(Cl)c(F)c1. The third-order valence-corrected chi connectivity index (χ3v) is 3.42. The van der Waals surface area contributed by atoms with Gasteiger partial charge in [0.1, 0.15) is 5.82 Å². The van der Waals surface area contributed by atoms with Crippen molar-refractivity contribution in [2.45, 2.75) is 39.2 Å². The summed E-state index contributed by atoms with van der Waals surface area (Å²) >= 11 is 5.63. The molecule has 0 spiro atoms. The van der Waals surface area contributed by atoms with Gasteiger partial charge in [0.05, 0.1) is 5.02 Å². The van der Waals surface area contributed by atoms with E-state index in [-0.39, 0.29) is 16.9 Å². The lowest BCUT2D eigenvalue weighted by Gasteiger charge is -2.18. The third-order valence-electron chi connectivity index (χ3n) is 3.11. The zero-order valence-corrected chi connectivity index (χ0v) is 10.6. The predicted octanol–water partition coefficient (Wildman–Crippen LogP) is 4.31. The van der Waals surface area contributed by atoms with E-state index < -0.39 is 0 Å². The van der Waals surface area contributed by atoms with Gasteiger partial charge in [0, 0.05) is 6.04 Å².